The molecule has 1 rings (SSSR count). The highest BCUT2D eigenvalue weighted by molar-refractivity contribution is 5.96. The van der Waals surface area contributed by atoms with Crippen LogP contribution in [0, 0.1) is 0 Å². The third-order valence-electron chi connectivity index (χ3n) is 1.99. The second kappa shape index (κ2) is 4.75. The zero-order chi connectivity index (χ0) is 14.1. The van der Waals surface area contributed by atoms with Gasteiger partial charge in [-0.15, -0.1) is 0 Å². The van der Waals surface area contributed by atoms with Crippen molar-refractivity contribution in [1.29, 1.82) is 0 Å². The first kappa shape index (κ1) is 14.1. The predicted octanol–water partition coefficient (Wildman–Crippen LogP) is 2.41. The molecule has 0 saturated heterocycles. The van der Waals surface area contributed by atoms with Crippen LogP contribution in [0.5, 0.6) is 0 Å². The van der Waals surface area contributed by atoms with E-state index in [9.17, 15) is 26.7 Å². The van der Waals surface area contributed by atoms with Crippen LogP contribution < -0.4 is 5.73 Å². The molecule has 0 aromatic carbocycles. The van der Waals surface area contributed by atoms with E-state index in [4.69, 9.17) is 5.73 Å². The van der Waals surface area contributed by atoms with Gasteiger partial charge in [-0.25, -0.2) is 18.6 Å². The van der Waals surface area contributed by atoms with Crippen LogP contribution in [-0.4, -0.2) is 18.1 Å². The topological polar surface area (TPSA) is 65.2 Å². The molecule has 0 amide bonds. The summed E-state index contributed by atoms with van der Waals surface area (Å²) < 4.78 is 66.7. The number of halogens is 5. The normalized spacial score (nSPS) is 11.7. The van der Waals surface area contributed by atoms with Gasteiger partial charge in [0.1, 0.15) is 17.1 Å². The maximum atomic E-state index is 12.6. The molecule has 2 N–H and O–H groups in total. The Kier molecular flexibility index (Phi) is 3.73. The number of hydrogen-bond donors (Lipinski definition) is 1. The molecule has 0 saturated carbocycles. The van der Waals surface area contributed by atoms with Gasteiger partial charge < -0.3 is 10.5 Å². The number of nitrogens with two attached hydrogens (primary N) is 1. The van der Waals surface area contributed by atoms with Crippen LogP contribution >= 0.6 is 0 Å². The molecule has 1 aromatic rings. The number of methoxy groups -OCH3 is 1. The van der Waals surface area contributed by atoms with Gasteiger partial charge in [0.05, 0.1) is 12.7 Å². The standard InChI is InChI=1S/C9H7F5N2O2/c1-18-8(17)5-3(9(12,13)14)2-4(6(10)11)16-7(5)15/h2,6H,1H3,(H2,15,16). The van der Waals surface area contributed by atoms with Gasteiger partial charge in [-0.05, 0) is 6.07 Å². The van der Waals surface area contributed by atoms with Gasteiger partial charge in [-0.3, -0.25) is 0 Å². The second-order valence-electron chi connectivity index (χ2n) is 3.14. The number of aromatic nitrogens is 1. The summed E-state index contributed by atoms with van der Waals surface area (Å²) >= 11 is 0. The highest BCUT2D eigenvalue weighted by atomic mass is 19.4. The first-order valence-electron chi connectivity index (χ1n) is 4.42. The Balaban J connectivity index is 3.55. The molecule has 100 valence electrons. The average Bonchev–Trinajstić information content (AvgIpc) is 2.25. The third-order valence-corrected chi connectivity index (χ3v) is 1.99. The van der Waals surface area contributed by atoms with Crippen LogP contribution in [0.3, 0.4) is 0 Å². The largest absolute Gasteiger partial charge is 0.465 e. The second-order valence-corrected chi connectivity index (χ2v) is 3.14. The molecule has 0 aliphatic rings. The molecule has 18 heavy (non-hydrogen) atoms. The quantitative estimate of drug-likeness (QED) is 0.662. The summed E-state index contributed by atoms with van der Waals surface area (Å²) in [5.74, 6) is -2.35. The van der Waals surface area contributed by atoms with Crippen molar-refractivity contribution < 1.29 is 31.5 Å². The Morgan fingerprint density at radius 3 is 2.39 bits per heavy atom. The number of alkyl halides is 5. The van der Waals surface area contributed by atoms with E-state index >= 15 is 0 Å². The molecule has 9 heteroatoms. The number of rotatable bonds is 2. The molecular weight excluding hydrogens is 263 g/mol. The highest BCUT2D eigenvalue weighted by Gasteiger charge is 2.38. The molecule has 4 nitrogen and oxygen atoms in total. The Morgan fingerprint density at radius 2 is 2.00 bits per heavy atom. The highest BCUT2D eigenvalue weighted by Crippen LogP contribution is 2.36. The van der Waals surface area contributed by atoms with Gasteiger partial charge in [0.2, 0.25) is 0 Å². The molecular formula is C9H7F5N2O2. The number of nitrogen functional groups attached to an aromatic ring is 1. The van der Waals surface area contributed by atoms with Crippen LogP contribution in [0.4, 0.5) is 27.8 Å². The maximum Gasteiger partial charge on any atom is 0.417 e. The third kappa shape index (κ3) is 2.66. The van der Waals surface area contributed by atoms with E-state index in [1.54, 1.807) is 0 Å². The Morgan fingerprint density at radius 1 is 1.44 bits per heavy atom. The summed E-state index contributed by atoms with van der Waals surface area (Å²) in [6.45, 7) is 0. The van der Waals surface area contributed by atoms with E-state index in [0.717, 1.165) is 7.11 Å². The SMILES string of the molecule is COC(=O)c1c(C(F)(F)F)cc(C(F)F)nc1N. The number of nitrogens with zero attached hydrogens (tertiary/aromatic N) is 1. The van der Waals surface area contributed by atoms with Crippen molar-refractivity contribution in [3.8, 4) is 0 Å². The molecule has 0 atom stereocenters. The van der Waals surface area contributed by atoms with Crippen molar-refractivity contribution in [1.82, 2.24) is 4.98 Å². The number of carbonyl (C=O) groups is 1. The van der Waals surface area contributed by atoms with Gasteiger partial charge >= 0.3 is 12.1 Å². The van der Waals surface area contributed by atoms with E-state index < -0.39 is 41.2 Å². The summed E-state index contributed by atoms with van der Waals surface area (Å²) in [4.78, 5) is 14.2. The zero-order valence-corrected chi connectivity index (χ0v) is 8.89. The molecule has 0 fully saturated rings. The molecule has 1 aromatic heterocycles. The van der Waals surface area contributed by atoms with E-state index in [1.807, 2.05) is 0 Å². The Labute approximate surface area is 97.6 Å². The Bertz CT molecular complexity index is 473. The number of anilines is 1. The Hall–Kier alpha value is -1.93. The van der Waals surface area contributed by atoms with Gasteiger partial charge in [-0.1, -0.05) is 0 Å². The lowest BCUT2D eigenvalue weighted by atomic mass is 10.1. The van der Waals surface area contributed by atoms with Crippen molar-refractivity contribution in [3.63, 3.8) is 0 Å². The molecule has 0 aliphatic carbocycles. The fourth-order valence-electron chi connectivity index (χ4n) is 1.24. The number of carbonyl (C=O) groups excluding carboxylic acids is 1. The molecule has 0 radical (unpaired) electrons. The van der Waals surface area contributed by atoms with Crippen LogP contribution in [0.2, 0.25) is 0 Å². The summed E-state index contributed by atoms with van der Waals surface area (Å²) in [5, 5.41) is 0. The van der Waals surface area contributed by atoms with E-state index in [-0.39, 0.29) is 6.07 Å². The fourth-order valence-corrected chi connectivity index (χ4v) is 1.24. The monoisotopic (exact) mass is 270 g/mol. The minimum Gasteiger partial charge on any atom is -0.465 e. The van der Waals surface area contributed by atoms with Crippen molar-refractivity contribution in [2.24, 2.45) is 0 Å². The number of pyridine rings is 1. The zero-order valence-electron chi connectivity index (χ0n) is 8.89. The van der Waals surface area contributed by atoms with Crippen LogP contribution in [-0.2, 0) is 10.9 Å². The number of hydrogen-bond acceptors (Lipinski definition) is 4. The molecule has 0 spiro atoms. The van der Waals surface area contributed by atoms with E-state index in [2.05, 4.69) is 9.72 Å². The first-order chi connectivity index (χ1) is 8.18. The van der Waals surface area contributed by atoms with Gasteiger partial charge in [0, 0.05) is 0 Å². The van der Waals surface area contributed by atoms with Crippen LogP contribution in [0.1, 0.15) is 28.0 Å². The lowest BCUT2D eigenvalue weighted by molar-refractivity contribution is -0.138. The summed E-state index contributed by atoms with van der Waals surface area (Å²) in [5.41, 5.74) is 1.25. The fraction of sp³-hybridized carbons (Fsp3) is 0.333. The maximum absolute atomic E-state index is 12.6. The van der Waals surface area contributed by atoms with Crippen LogP contribution in [0.15, 0.2) is 6.07 Å². The van der Waals surface area contributed by atoms with Crippen molar-refractivity contribution in [2.75, 3.05) is 12.8 Å². The van der Waals surface area contributed by atoms with Gasteiger partial charge in [-0.2, -0.15) is 13.2 Å². The van der Waals surface area contributed by atoms with Gasteiger partial charge in [0.15, 0.2) is 0 Å². The number of esters is 1. The molecule has 0 unspecified atom stereocenters. The number of ether oxygens (including phenoxy) is 1. The van der Waals surface area contributed by atoms with Gasteiger partial charge in [0.25, 0.3) is 6.43 Å². The lowest BCUT2D eigenvalue weighted by Crippen LogP contribution is -2.18. The predicted molar refractivity (Wildman–Crippen MR) is 49.9 cm³/mol. The van der Waals surface area contributed by atoms with Crippen molar-refractivity contribution in [3.05, 3.63) is 22.9 Å². The first-order valence-corrected chi connectivity index (χ1v) is 4.42. The minimum absolute atomic E-state index is 0.0767. The summed E-state index contributed by atoms with van der Waals surface area (Å²) in [7, 11) is 0.836. The minimum atomic E-state index is -5.02. The van der Waals surface area contributed by atoms with E-state index in [0.29, 0.717) is 0 Å². The van der Waals surface area contributed by atoms with Crippen LogP contribution in [0.25, 0.3) is 0 Å². The lowest BCUT2D eigenvalue weighted by Gasteiger charge is -2.14. The molecule has 0 bridgehead atoms. The smallest absolute Gasteiger partial charge is 0.417 e. The molecule has 0 aliphatic heterocycles. The average molecular weight is 270 g/mol. The molecule has 1 heterocycles. The summed E-state index contributed by atoms with van der Waals surface area (Å²) in [6, 6.07) is 0.0767. The summed E-state index contributed by atoms with van der Waals surface area (Å²) in [6.07, 6.45) is -8.26. The van der Waals surface area contributed by atoms with Crippen molar-refractivity contribution >= 4 is 11.8 Å². The van der Waals surface area contributed by atoms with E-state index in [1.165, 1.54) is 0 Å². The van der Waals surface area contributed by atoms with Crippen molar-refractivity contribution in [2.45, 2.75) is 12.6 Å².